The Kier molecular flexibility index (Phi) is 4.09. The summed E-state index contributed by atoms with van der Waals surface area (Å²) in [5.74, 6) is -1.60. The summed E-state index contributed by atoms with van der Waals surface area (Å²) in [5, 5.41) is 10.7. The molecule has 5 heteroatoms. The van der Waals surface area contributed by atoms with Crippen LogP contribution in [-0.4, -0.2) is 5.11 Å². The Labute approximate surface area is 119 Å². The van der Waals surface area contributed by atoms with Gasteiger partial charge in [-0.3, -0.25) is 0 Å². The average molecular weight is 303 g/mol. The molecule has 0 aliphatic rings. The minimum absolute atomic E-state index is 0.153. The van der Waals surface area contributed by atoms with E-state index in [1.165, 1.54) is 31.2 Å². The highest BCUT2D eigenvalue weighted by Gasteiger charge is 2.23. The van der Waals surface area contributed by atoms with Crippen molar-refractivity contribution in [2.75, 3.05) is 0 Å². The molecule has 0 aliphatic heterocycles. The van der Waals surface area contributed by atoms with Crippen LogP contribution in [0.15, 0.2) is 30.3 Å². The van der Waals surface area contributed by atoms with E-state index in [4.69, 9.17) is 23.2 Å². The van der Waals surface area contributed by atoms with Crippen molar-refractivity contribution >= 4 is 23.2 Å². The summed E-state index contributed by atoms with van der Waals surface area (Å²) in [6.07, 6.45) is -1.48. The molecule has 1 N–H and O–H groups in total. The Morgan fingerprint density at radius 3 is 2.42 bits per heavy atom. The summed E-state index contributed by atoms with van der Waals surface area (Å²) in [6, 6.07) is 6.77. The lowest BCUT2D eigenvalue weighted by Gasteiger charge is -2.16. The molecule has 0 heterocycles. The molecule has 100 valence electrons. The summed E-state index contributed by atoms with van der Waals surface area (Å²) in [4.78, 5) is 0. The van der Waals surface area contributed by atoms with E-state index >= 15 is 0 Å². The molecule has 2 aromatic rings. The lowest BCUT2D eigenvalue weighted by atomic mass is 9.98. The van der Waals surface area contributed by atoms with Crippen molar-refractivity contribution < 1.29 is 13.9 Å². The first kappa shape index (κ1) is 14.3. The zero-order chi connectivity index (χ0) is 14.2. The minimum atomic E-state index is -1.48. The van der Waals surface area contributed by atoms with E-state index in [0.29, 0.717) is 5.02 Å². The van der Waals surface area contributed by atoms with E-state index in [0.717, 1.165) is 6.07 Å². The fraction of sp³-hybridized carbons (Fsp3) is 0.143. The summed E-state index contributed by atoms with van der Waals surface area (Å²) in [6.45, 7) is 1.49. The molecule has 0 aromatic heterocycles. The van der Waals surface area contributed by atoms with Gasteiger partial charge in [-0.25, -0.2) is 8.78 Å². The third-order valence-corrected chi connectivity index (χ3v) is 3.41. The quantitative estimate of drug-likeness (QED) is 0.855. The van der Waals surface area contributed by atoms with Crippen LogP contribution >= 0.6 is 23.2 Å². The molecule has 0 saturated carbocycles. The van der Waals surface area contributed by atoms with E-state index < -0.39 is 23.3 Å². The van der Waals surface area contributed by atoms with Gasteiger partial charge in [-0.05, 0) is 30.7 Å². The van der Waals surface area contributed by atoms with Gasteiger partial charge in [-0.1, -0.05) is 35.3 Å². The zero-order valence-electron chi connectivity index (χ0n) is 9.92. The second kappa shape index (κ2) is 5.45. The molecule has 0 bridgehead atoms. The van der Waals surface area contributed by atoms with E-state index in [-0.39, 0.29) is 16.1 Å². The maximum atomic E-state index is 13.9. The van der Waals surface area contributed by atoms with Crippen LogP contribution in [0.25, 0.3) is 0 Å². The second-order valence-electron chi connectivity index (χ2n) is 4.16. The predicted octanol–water partition coefficient (Wildman–Crippen LogP) is 4.66. The van der Waals surface area contributed by atoms with Gasteiger partial charge in [0.2, 0.25) is 0 Å². The van der Waals surface area contributed by atoms with Crippen LogP contribution in [0.1, 0.15) is 22.8 Å². The third-order valence-electron chi connectivity index (χ3n) is 2.85. The minimum Gasteiger partial charge on any atom is -0.383 e. The molecule has 0 fully saturated rings. The molecule has 1 unspecified atom stereocenters. The van der Waals surface area contributed by atoms with Gasteiger partial charge in [0.25, 0.3) is 0 Å². The molecule has 1 atom stereocenters. The maximum absolute atomic E-state index is 13.9. The lowest BCUT2D eigenvalue weighted by molar-refractivity contribution is 0.209. The van der Waals surface area contributed by atoms with Crippen molar-refractivity contribution in [3.8, 4) is 0 Å². The molecule has 19 heavy (non-hydrogen) atoms. The van der Waals surface area contributed by atoms with Crippen LogP contribution in [-0.2, 0) is 0 Å². The van der Waals surface area contributed by atoms with E-state index in [1.54, 1.807) is 0 Å². The standard InChI is InChI=1S/C14H10Cl2F2O/c1-7-2-5-11(17)12(13(7)18)14(19)9-4-3-8(15)6-10(9)16/h2-6,14,19H,1H3. The van der Waals surface area contributed by atoms with Crippen molar-refractivity contribution in [2.24, 2.45) is 0 Å². The maximum Gasteiger partial charge on any atom is 0.135 e. The summed E-state index contributed by atoms with van der Waals surface area (Å²) in [5.41, 5.74) is 0.0409. The number of aliphatic hydroxyl groups is 1. The Morgan fingerprint density at radius 2 is 1.79 bits per heavy atom. The fourth-order valence-electron chi connectivity index (χ4n) is 1.81. The average Bonchev–Trinajstić information content (AvgIpc) is 2.34. The van der Waals surface area contributed by atoms with Crippen molar-refractivity contribution in [3.05, 3.63) is 68.7 Å². The van der Waals surface area contributed by atoms with E-state index in [1.807, 2.05) is 0 Å². The molecule has 2 aromatic carbocycles. The highest BCUT2D eigenvalue weighted by atomic mass is 35.5. The summed E-state index contributed by atoms with van der Waals surface area (Å²) < 4.78 is 27.6. The molecular formula is C14H10Cl2F2O. The monoisotopic (exact) mass is 302 g/mol. The lowest BCUT2D eigenvalue weighted by Crippen LogP contribution is -2.07. The highest BCUT2D eigenvalue weighted by Crippen LogP contribution is 2.33. The molecule has 0 spiro atoms. The second-order valence-corrected chi connectivity index (χ2v) is 5.00. The number of rotatable bonds is 2. The number of benzene rings is 2. The zero-order valence-corrected chi connectivity index (χ0v) is 11.4. The van der Waals surface area contributed by atoms with Crippen molar-refractivity contribution in [2.45, 2.75) is 13.0 Å². The van der Waals surface area contributed by atoms with E-state index in [9.17, 15) is 13.9 Å². The largest absolute Gasteiger partial charge is 0.383 e. The highest BCUT2D eigenvalue weighted by molar-refractivity contribution is 6.35. The molecular weight excluding hydrogens is 293 g/mol. The molecule has 0 amide bonds. The van der Waals surface area contributed by atoms with Gasteiger partial charge in [0.1, 0.15) is 17.7 Å². The number of hydrogen-bond acceptors (Lipinski definition) is 1. The van der Waals surface area contributed by atoms with Crippen LogP contribution in [0.5, 0.6) is 0 Å². The molecule has 1 nitrogen and oxygen atoms in total. The van der Waals surface area contributed by atoms with Gasteiger partial charge < -0.3 is 5.11 Å². The van der Waals surface area contributed by atoms with E-state index in [2.05, 4.69) is 0 Å². The van der Waals surface area contributed by atoms with Crippen LogP contribution < -0.4 is 0 Å². The SMILES string of the molecule is Cc1ccc(F)c(C(O)c2ccc(Cl)cc2Cl)c1F. The summed E-state index contributed by atoms with van der Waals surface area (Å²) >= 11 is 11.7. The van der Waals surface area contributed by atoms with Gasteiger partial charge in [0.15, 0.2) is 0 Å². The Bertz CT molecular complexity index is 629. The Hall–Kier alpha value is -1.16. The number of hydrogen-bond donors (Lipinski definition) is 1. The number of aryl methyl sites for hydroxylation is 1. The Morgan fingerprint density at radius 1 is 1.11 bits per heavy atom. The van der Waals surface area contributed by atoms with Crippen molar-refractivity contribution in [1.82, 2.24) is 0 Å². The molecule has 0 saturated heterocycles. The third kappa shape index (κ3) is 2.73. The van der Waals surface area contributed by atoms with Gasteiger partial charge in [0.05, 0.1) is 5.56 Å². The Balaban J connectivity index is 2.56. The van der Waals surface area contributed by atoms with Gasteiger partial charge in [-0.15, -0.1) is 0 Å². The van der Waals surface area contributed by atoms with Crippen LogP contribution in [0, 0.1) is 18.6 Å². The first-order valence-electron chi connectivity index (χ1n) is 5.49. The summed E-state index contributed by atoms with van der Waals surface area (Å²) in [7, 11) is 0. The number of aliphatic hydroxyl groups excluding tert-OH is 1. The molecule has 0 radical (unpaired) electrons. The normalized spacial score (nSPS) is 12.5. The first-order chi connectivity index (χ1) is 8.91. The molecule has 2 rings (SSSR count). The molecule has 0 aliphatic carbocycles. The fourth-order valence-corrected chi connectivity index (χ4v) is 2.32. The van der Waals surface area contributed by atoms with Gasteiger partial charge in [-0.2, -0.15) is 0 Å². The smallest absolute Gasteiger partial charge is 0.135 e. The first-order valence-corrected chi connectivity index (χ1v) is 6.25. The van der Waals surface area contributed by atoms with Crippen LogP contribution in [0.4, 0.5) is 8.78 Å². The van der Waals surface area contributed by atoms with Gasteiger partial charge >= 0.3 is 0 Å². The topological polar surface area (TPSA) is 20.2 Å². The van der Waals surface area contributed by atoms with Crippen molar-refractivity contribution in [3.63, 3.8) is 0 Å². The van der Waals surface area contributed by atoms with Crippen LogP contribution in [0.2, 0.25) is 10.0 Å². The van der Waals surface area contributed by atoms with Gasteiger partial charge in [0, 0.05) is 15.6 Å². The predicted molar refractivity (Wildman–Crippen MR) is 71.6 cm³/mol. The number of halogens is 4. The van der Waals surface area contributed by atoms with Crippen LogP contribution in [0.3, 0.4) is 0 Å². The van der Waals surface area contributed by atoms with Crippen molar-refractivity contribution in [1.29, 1.82) is 0 Å².